The maximum absolute atomic E-state index is 12.5. The Hall–Kier alpha value is -1.16. The fraction of sp³-hybridized carbons (Fsp3) is 0.353. The Labute approximate surface area is 172 Å². The van der Waals surface area contributed by atoms with E-state index in [-0.39, 0.29) is 12.5 Å². The van der Waals surface area contributed by atoms with E-state index in [1.54, 1.807) is 29.6 Å². The average molecular weight is 449 g/mol. The molecule has 10 heteroatoms. The van der Waals surface area contributed by atoms with Gasteiger partial charge in [-0.25, -0.2) is 8.42 Å². The number of thiophene rings is 1. The van der Waals surface area contributed by atoms with Crippen molar-refractivity contribution in [3.63, 3.8) is 0 Å². The van der Waals surface area contributed by atoms with Crippen LogP contribution in [0.3, 0.4) is 0 Å². The van der Waals surface area contributed by atoms with Crippen LogP contribution in [0.5, 0.6) is 0 Å². The monoisotopic (exact) mass is 448 g/mol. The molecular weight excluding hydrogens is 429 g/mol. The summed E-state index contributed by atoms with van der Waals surface area (Å²) < 4.78 is 26.9. The van der Waals surface area contributed by atoms with Crippen LogP contribution in [0.2, 0.25) is 10.0 Å². The normalized spacial score (nSPS) is 16.4. The van der Waals surface area contributed by atoms with Crippen LogP contribution in [-0.2, 0) is 14.8 Å². The van der Waals surface area contributed by atoms with Gasteiger partial charge in [-0.05, 0) is 30.0 Å². The average Bonchev–Trinajstić information content (AvgIpc) is 3.18. The van der Waals surface area contributed by atoms with Crippen LogP contribution in [0.25, 0.3) is 0 Å². The summed E-state index contributed by atoms with van der Waals surface area (Å²) in [4.78, 5) is 13.4. The Balaban J connectivity index is 1.57. The molecule has 1 amide bonds. The standard InChI is InChI=1S/C17H19Cl2N3O3S2/c1-12-4-5-13(18)17(16(12)19)20-14(23)11-21-6-8-22(9-7-21)27(24,25)15-3-2-10-26-15/h2-5,10H,6-9,11H2,1H3,(H,20,23)/p+1. The van der Waals surface area contributed by atoms with Gasteiger partial charge in [-0.1, -0.05) is 35.3 Å². The molecule has 1 aromatic carbocycles. The lowest BCUT2D eigenvalue weighted by Crippen LogP contribution is -3.15. The highest BCUT2D eigenvalue weighted by molar-refractivity contribution is 7.91. The van der Waals surface area contributed by atoms with E-state index in [9.17, 15) is 13.2 Å². The van der Waals surface area contributed by atoms with E-state index in [1.165, 1.54) is 15.6 Å². The zero-order valence-electron chi connectivity index (χ0n) is 14.7. The molecule has 0 spiro atoms. The van der Waals surface area contributed by atoms with Crippen LogP contribution >= 0.6 is 34.5 Å². The predicted octanol–water partition coefficient (Wildman–Crippen LogP) is 1.89. The molecule has 146 valence electrons. The number of anilines is 1. The second-order valence-electron chi connectivity index (χ2n) is 6.36. The molecule has 2 aromatic rings. The van der Waals surface area contributed by atoms with E-state index in [0.717, 1.165) is 10.5 Å². The largest absolute Gasteiger partial charge is 0.325 e. The fourth-order valence-corrected chi connectivity index (χ4v) is 5.99. The second kappa shape index (κ2) is 8.46. The number of benzene rings is 1. The number of sulfonamides is 1. The molecule has 6 nitrogen and oxygen atoms in total. The first-order chi connectivity index (χ1) is 12.8. The molecule has 2 heterocycles. The van der Waals surface area contributed by atoms with Crippen molar-refractivity contribution >= 4 is 56.2 Å². The summed E-state index contributed by atoms with van der Waals surface area (Å²) >= 11 is 13.6. The summed E-state index contributed by atoms with van der Waals surface area (Å²) in [6.45, 7) is 3.96. The van der Waals surface area contributed by atoms with Gasteiger partial charge in [0.15, 0.2) is 6.54 Å². The van der Waals surface area contributed by atoms with Crippen LogP contribution in [0.4, 0.5) is 5.69 Å². The molecule has 0 radical (unpaired) electrons. The van der Waals surface area contributed by atoms with Gasteiger partial charge in [0, 0.05) is 0 Å². The lowest BCUT2D eigenvalue weighted by atomic mass is 10.2. The Morgan fingerprint density at radius 3 is 2.59 bits per heavy atom. The van der Waals surface area contributed by atoms with Crippen molar-refractivity contribution in [1.29, 1.82) is 0 Å². The van der Waals surface area contributed by atoms with Crippen LogP contribution in [0, 0.1) is 6.92 Å². The Morgan fingerprint density at radius 1 is 1.26 bits per heavy atom. The van der Waals surface area contributed by atoms with Crippen LogP contribution in [0.1, 0.15) is 5.56 Å². The molecule has 1 aliphatic rings. The fourth-order valence-electron chi connectivity index (χ4n) is 2.94. The summed E-state index contributed by atoms with van der Waals surface area (Å²) in [5.74, 6) is -0.200. The van der Waals surface area contributed by atoms with Gasteiger partial charge < -0.3 is 10.2 Å². The molecule has 0 saturated carbocycles. The van der Waals surface area contributed by atoms with E-state index in [2.05, 4.69) is 5.32 Å². The molecular formula is C17H20Cl2N3O3S2+. The van der Waals surface area contributed by atoms with Gasteiger partial charge in [0.05, 0.1) is 41.9 Å². The van der Waals surface area contributed by atoms with Gasteiger partial charge in [0.2, 0.25) is 0 Å². The number of rotatable bonds is 5. The highest BCUT2D eigenvalue weighted by atomic mass is 35.5. The van der Waals surface area contributed by atoms with Crippen LogP contribution in [0.15, 0.2) is 33.9 Å². The smallest absolute Gasteiger partial charge is 0.279 e. The quantitative estimate of drug-likeness (QED) is 0.733. The van der Waals surface area contributed by atoms with E-state index in [0.29, 0.717) is 46.1 Å². The summed E-state index contributed by atoms with van der Waals surface area (Å²) in [5, 5.41) is 5.34. The third-order valence-corrected chi connectivity index (χ3v) is 8.55. The number of aryl methyl sites for hydroxylation is 1. The first kappa shape index (κ1) is 20.6. The Kier molecular flexibility index (Phi) is 6.45. The molecule has 0 bridgehead atoms. The van der Waals surface area contributed by atoms with Crippen molar-refractivity contribution < 1.29 is 18.1 Å². The summed E-state index contributed by atoms with van der Waals surface area (Å²) in [7, 11) is -3.43. The number of nitrogens with one attached hydrogen (secondary N) is 2. The topological polar surface area (TPSA) is 70.9 Å². The minimum atomic E-state index is -3.43. The molecule has 1 saturated heterocycles. The Morgan fingerprint density at radius 2 is 1.96 bits per heavy atom. The van der Waals surface area contributed by atoms with Crippen molar-refractivity contribution in [3.05, 3.63) is 45.3 Å². The maximum Gasteiger partial charge on any atom is 0.279 e. The van der Waals surface area contributed by atoms with E-state index in [1.807, 2.05) is 6.92 Å². The number of carbonyl (C=O) groups is 1. The highest BCUT2D eigenvalue weighted by Crippen LogP contribution is 2.32. The number of carbonyl (C=O) groups excluding carboxylic acids is 1. The van der Waals surface area contributed by atoms with Crippen molar-refractivity contribution in [2.45, 2.75) is 11.1 Å². The van der Waals surface area contributed by atoms with E-state index >= 15 is 0 Å². The molecule has 1 fully saturated rings. The van der Waals surface area contributed by atoms with Gasteiger partial charge in [0.25, 0.3) is 15.9 Å². The maximum atomic E-state index is 12.5. The molecule has 1 aromatic heterocycles. The molecule has 2 N–H and O–H groups in total. The van der Waals surface area contributed by atoms with E-state index < -0.39 is 10.0 Å². The lowest BCUT2D eigenvalue weighted by molar-refractivity contribution is -0.895. The van der Waals surface area contributed by atoms with Crippen molar-refractivity contribution in [2.24, 2.45) is 0 Å². The van der Waals surface area contributed by atoms with Crippen LogP contribution < -0.4 is 10.2 Å². The van der Waals surface area contributed by atoms with Crippen molar-refractivity contribution in [3.8, 4) is 0 Å². The van der Waals surface area contributed by atoms with E-state index in [4.69, 9.17) is 23.2 Å². The first-order valence-electron chi connectivity index (χ1n) is 8.40. The van der Waals surface area contributed by atoms with Crippen molar-refractivity contribution in [1.82, 2.24) is 4.31 Å². The number of hydrogen-bond donors (Lipinski definition) is 2. The number of quaternary nitrogens is 1. The molecule has 0 atom stereocenters. The second-order valence-corrected chi connectivity index (χ2v) is 10.3. The molecule has 3 rings (SSSR count). The summed E-state index contributed by atoms with van der Waals surface area (Å²) in [6.07, 6.45) is 0. The van der Waals surface area contributed by atoms with Gasteiger partial charge in [-0.2, -0.15) is 4.31 Å². The summed E-state index contributed by atoms with van der Waals surface area (Å²) in [6, 6.07) is 6.82. The van der Waals surface area contributed by atoms with Crippen LogP contribution in [-0.4, -0.2) is 51.4 Å². The SMILES string of the molecule is Cc1ccc(Cl)c(NC(=O)C[NH+]2CCN(S(=O)(=O)c3cccs3)CC2)c1Cl. The lowest BCUT2D eigenvalue weighted by Gasteiger charge is -2.30. The highest BCUT2D eigenvalue weighted by Gasteiger charge is 2.31. The number of nitrogens with zero attached hydrogens (tertiary/aromatic N) is 1. The number of piperazine rings is 1. The molecule has 0 unspecified atom stereocenters. The third kappa shape index (κ3) is 4.64. The van der Waals surface area contributed by atoms with Gasteiger partial charge in [0.1, 0.15) is 4.21 Å². The minimum absolute atomic E-state index is 0.200. The van der Waals surface area contributed by atoms with Gasteiger partial charge in [-0.15, -0.1) is 11.3 Å². The van der Waals surface area contributed by atoms with Gasteiger partial charge >= 0.3 is 0 Å². The number of halogens is 2. The first-order valence-corrected chi connectivity index (χ1v) is 11.5. The summed E-state index contributed by atoms with van der Waals surface area (Å²) in [5.41, 5.74) is 1.25. The van der Waals surface area contributed by atoms with Gasteiger partial charge in [-0.3, -0.25) is 4.79 Å². The number of amides is 1. The predicted molar refractivity (Wildman–Crippen MR) is 108 cm³/mol. The zero-order chi connectivity index (χ0) is 19.6. The number of hydrogen-bond acceptors (Lipinski definition) is 4. The third-order valence-electron chi connectivity index (χ3n) is 4.48. The van der Waals surface area contributed by atoms with Crippen molar-refractivity contribution in [2.75, 3.05) is 38.0 Å². The molecule has 1 aliphatic heterocycles. The minimum Gasteiger partial charge on any atom is -0.325 e. The zero-order valence-corrected chi connectivity index (χ0v) is 17.8. The molecule has 0 aliphatic carbocycles. The molecule has 27 heavy (non-hydrogen) atoms. The Bertz CT molecular complexity index is 925.